The summed E-state index contributed by atoms with van der Waals surface area (Å²) >= 11 is 0. The van der Waals surface area contributed by atoms with Crippen molar-refractivity contribution in [3.8, 4) is 0 Å². The highest BCUT2D eigenvalue weighted by molar-refractivity contribution is 5.29. The Bertz CT molecular complexity index is 542. The predicted octanol–water partition coefficient (Wildman–Crippen LogP) is 4.10. The average Bonchev–Trinajstić information content (AvgIpc) is 2.68. The molecule has 2 rings (SSSR count). The van der Waals surface area contributed by atoms with Crippen molar-refractivity contribution in [3.63, 3.8) is 0 Å². The molecule has 1 heterocycles. The Labute approximate surface area is 115 Å². The van der Waals surface area contributed by atoms with E-state index in [4.69, 9.17) is 4.42 Å². The zero-order chi connectivity index (χ0) is 13.8. The molecule has 19 heavy (non-hydrogen) atoms. The van der Waals surface area contributed by atoms with E-state index in [9.17, 15) is 0 Å². The summed E-state index contributed by atoms with van der Waals surface area (Å²) in [6.45, 7) is 9.29. The summed E-state index contributed by atoms with van der Waals surface area (Å²) in [7, 11) is 0. The van der Waals surface area contributed by atoms with Crippen molar-refractivity contribution in [2.45, 2.75) is 40.2 Å². The van der Waals surface area contributed by atoms with Gasteiger partial charge in [-0.2, -0.15) is 0 Å². The molecule has 0 saturated carbocycles. The standard InChI is InChI=1S/C17H23NO/c1-5-18-17(16-10-13(3)19-14(16)4)11-15-8-6-7-12(2)9-15/h6-10,17-18H,5,11H2,1-4H3. The van der Waals surface area contributed by atoms with Gasteiger partial charge in [-0.05, 0) is 45.4 Å². The van der Waals surface area contributed by atoms with E-state index in [1.165, 1.54) is 16.7 Å². The Kier molecular flexibility index (Phi) is 4.43. The van der Waals surface area contributed by atoms with Crippen molar-refractivity contribution in [1.29, 1.82) is 0 Å². The summed E-state index contributed by atoms with van der Waals surface area (Å²) in [4.78, 5) is 0. The van der Waals surface area contributed by atoms with Crippen molar-refractivity contribution in [1.82, 2.24) is 5.32 Å². The fraction of sp³-hybridized carbons (Fsp3) is 0.412. The number of nitrogens with one attached hydrogen (secondary N) is 1. The van der Waals surface area contributed by atoms with E-state index in [1.54, 1.807) is 0 Å². The zero-order valence-corrected chi connectivity index (χ0v) is 12.3. The molecule has 0 aliphatic heterocycles. The molecule has 2 aromatic rings. The molecule has 0 radical (unpaired) electrons. The first-order chi connectivity index (χ1) is 9.10. The molecule has 0 bridgehead atoms. The molecule has 0 aliphatic carbocycles. The van der Waals surface area contributed by atoms with Crippen LogP contribution in [0, 0.1) is 20.8 Å². The SMILES string of the molecule is CCNC(Cc1cccc(C)c1)c1cc(C)oc1C. The van der Waals surface area contributed by atoms with Gasteiger partial charge >= 0.3 is 0 Å². The third kappa shape index (κ3) is 3.48. The van der Waals surface area contributed by atoms with Crippen molar-refractivity contribution < 1.29 is 4.42 Å². The highest BCUT2D eigenvalue weighted by Crippen LogP contribution is 2.25. The van der Waals surface area contributed by atoms with Gasteiger partial charge in [-0.15, -0.1) is 0 Å². The second-order valence-corrected chi connectivity index (χ2v) is 5.17. The third-order valence-electron chi connectivity index (χ3n) is 3.43. The quantitative estimate of drug-likeness (QED) is 0.872. The molecule has 1 atom stereocenters. The van der Waals surface area contributed by atoms with Gasteiger partial charge in [-0.3, -0.25) is 0 Å². The number of rotatable bonds is 5. The summed E-state index contributed by atoms with van der Waals surface area (Å²) < 4.78 is 5.66. The maximum atomic E-state index is 5.66. The summed E-state index contributed by atoms with van der Waals surface area (Å²) in [5, 5.41) is 3.56. The molecule has 0 spiro atoms. The van der Waals surface area contributed by atoms with E-state index in [2.05, 4.69) is 49.5 Å². The van der Waals surface area contributed by atoms with E-state index in [1.807, 2.05) is 13.8 Å². The number of hydrogen-bond donors (Lipinski definition) is 1. The third-order valence-corrected chi connectivity index (χ3v) is 3.43. The van der Waals surface area contributed by atoms with Crippen molar-refractivity contribution in [2.24, 2.45) is 0 Å². The maximum Gasteiger partial charge on any atom is 0.105 e. The molecule has 1 aromatic heterocycles. The van der Waals surface area contributed by atoms with Crippen molar-refractivity contribution in [2.75, 3.05) is 6.54 Å². The lowest BCUT2D eigenvalue weighted by atomic mass is 9.98. The smallest absolute Gasteiger partial charge is 0.105 e. The van der Waals surface area contributed by atoms with E-state index >= 15 is 0 Å². The maximum absolute atomic E-state index is 5.66. The Morgan fingerprint density at radius 3 is 2.53 bits per heavy atom. The molecule has 0 aliphatic rings. The highest BCUT2D eigenvalue weighted by atomic mass is 16.3. The normalized spacial score (nSPS) is 12.6. The highest BCUT2D eigenvalue weighted by Gasteiger charge is 2.16. The number of furan rings is 1. The van der Waals surface area contributed by atoms with Crippen molar-refractivity contribution >= 4 is 0 Å². The second-order valence-electron chi connectivity index (χ2n) is 5.17. The lowest BCUT2D eigenvalue weighted by Crippen LogP contribution is -2.23. The molecule has 0 amide bonds. The minimum absolute atomic E-state index is 0.323. The molecular weight excluding hydrogens is 234 g/mol. The fourth-order valence-electron chi connectivity index (χ4n) is 2.61. The van der Waals surface area contributed by atoms with Gasteiger partial charge in [-0.1, -0.05) is 36.8 Å². The van der Waals surface area contributed by atoms with Gasteiger partial charge in [0.15, 0.2) is 0 Å². The van der Waals surface area contributed by atoms with Gasteiger partial charge in [0, 0.05) is 11.6 Å². The molecule has 1 unspecified atom stereocenters. The van der Waals surface area contributed by atoms with Crippen LogP contribution in [0.1, 0.15) is 41.2 Å². The zero-order valence-electron chi connectivity index (χ0n) is 12.3. The molecule has 102 valence electrons. The van der Waals surface area contributed by atoms with Gasteiger partial charge in [-0.25, -0.2) is 0 Å². The molecule has 0 saturated heterocycles. The van der Waals surface area contributed by atoms with Crippen LogP contribution in [0.3, 0.4) is 0 Å². The van der Waals surface area contributed by atoms with Crippen LogP contribution in [0.15, 0.2) is 34.7 Å². The Morgan fingerprint density at radius 2 is 1.95 bits per heavy atom. The molecule has 0 fully saturated rings. The Balaban J connectivity index is 2.23. The lowest BCUT2D eigenvalue weighted by Gasteiger charge is -2.17. The molecule has 1 aromatic carbocycles. The summed E-state index contributed by atoms with van der Waals surface area (Å²) in [6, 6.07) is 11.2. The van der Waals surface area contributed by atoms with Gasteiger partial charge in [0.25, 0.3) is 0 Å². The number of hydrogen-bond acceptors (Lipinski definition) is 2. The van der Waals surface area contributed by atoms with Crippen LogP contribution in [0.5, 0.6) is 0 Å². The summed E-state index contributed by atoms with van der Waals surface area (Å²) in [5.41, 5.74) is 3.96. The number of aryl methyl sites for hydroxylation is 3. The summed E-state index contributed by atoms with van der Waals surface area (Å²) in [6.07, 6.45) is 0.995. The van der Waals surface area contributed by atoms with Gasteiger partial charge in [0.2, 0.25) is 0 Å². The molecular formula is C17H23NO. The molecule has 2 heteroatoms. The fourth-order valence-corrected chi connectivity index (χ4v) is 2.61. The Hall–Kier alpha value is -1.54. The van der Waals surface area contributed by atoms with Crippen LogP contribution < -0.4 is 5.32 Å². The second kappa shape index (κ2) is 6.07. The van der Waals surface area contributed by atoms with E-state index in [0.717, 1.165) is 24.5 Å². The van der Waals surface area contributed by atoms with E-state index in [-0.39, 0.29) is 0 Å². The van der Waals surface area contributed by atoms with Crippen LogP contribution in [0.25, 0.3) is 0 Å². The predicted molar refractivity (Wildman–Crippen MR) is 79.5 cm³/mol. The largest absolute Gasteiger partial charge is 0.466 e. The van der Waals surface area contributed by atoms with Crippen LogP contribution in [0.4, 0.5) is 0 Å². The van der Waals surface area contributed by atoms with Crippen LogP contribution >= 0.6 is 0 Å². The topological polar surface area (TPSA) is 25.2 Å². The number of benzene rings is 1. The monoisotopic (exact) mass is 257 g/mol. The van der Waals surface area contributed by atoms with Crippen LogP contribution in [-0.4, -0.2) is 6.54 Å². The molecule has 2 nitrogen and oxygen atoms in total. The van der Waals surface area contributed by atoms with Gasteiger partial charge < -0.3 is 9.73 Å². The summed E-state index contributed by atoms with van der Waals surface area (Å²) in [5.74, 6) is 2.01. The first kappa shape index (κ1) is 13.9. The van der Waals surface area contributed by atoms with Crippen LogP contribution in [-0.2, 0) is 6.42 Å². The number of likely N-dealkylation sites (N-methyl/N-ethyl adjacent to an activating group) is 1. The van der Waals surface area contributed by atoms with E-state index < -0.39 is 0 Å². The lowest BCUT2D eigenvalue weighted by molar-refractivity contribution is 0.484. The first-order valence-electron chi connectivity index (χ1n) is 6.96. The van der Waals surface area contributed by atoms with E-state index in [0.29, 0.717) is 6.04 Å². The van der Waals surface area contributed by atoms with Gasteiger partial charge in [0.1, 0.15) is 11.5 Å². The Morgan fingerprint density at radius 1 is 1.16 bits per heavy atom. The van der Waals surface area contributed by atoms with Gasteiger partial charge in [0.05, 0.1) is 0 Å². The minimum atomic E-state index is 0.323. The minimum Gasteiger partial charge on any atom is -0.466 e. The van der Waals surface area contributed by atoms with Crippen molar-refractivity contribution in [3.05, 3.63) is 58.5 Å². The first-order valence-corrected chi connectivity index (χ1v) is 6.96. The van der Waals surface area contributed by atoms with Crippen LogP contribution in [0.2, 0.25) is 0 Å². The molecule has 1 N–H and O–H groups in total. The average molecular weight is 257 g/mol.